The van der Waals surface area contributed by atoms with Crippen molar-refractivity contribution in [3.63, 3.8) is 0 Å². The van der Waals surface area contributed by atoms with Crippen molar-refractivity contribution in [2.24, 2.45) is 35.5 Å². The highest BCUT2D eigenvalue weighted by molar-refractivity contribution is 5.67. The van der Waals surface area contributed by atoms with Crippen molar-refractivity contribution in [2.45, 2.75) is 208 Å². The highest BCUT2D eigenvalue weighted by atomic mass is 16.8. The van der Waals surface area contributed by atoms with Gasteiger partial charge in [0.2, 0.25) is 0 Å². The topological polar surface area (TPSA) is 195 Å². The van der Waals surface area contributed by atoms with Crippen LogP contribution >= 0.6 is 0 Å². The van der Waals surface area contributed by atoms with E-state index < -0.39 is 84.2 Å². The van der Waals surface area contributed by atoms with Crippen LogP contribution in [-0.2, 0) is 38.0 Å². The second-order valence-electron chi connectivity index (χ2n) is 21.2. The first-order valence-electron chi connectivity index (χ1n) is 23.3. The number of carboxylic acids is 1. The Morgan fingerprint density at radius 3 is 2.44 bits per heavy atom. The lowest BCUT2D eigenvalue weighted by molar-refractivity contribution is -0.366. The van der Waals surface area contributed by atoms with Crippen LogP contribution in [0.1, 0.15) is 118 Å². The number of hydrogen-bond donors (Lipinski definition) is 6. The standard InChI is InChI=1S/C47H71NO13/c1-25-15-35-33-21-43(28(4)14-26(2)24-48-43)23-39(33)58-45(19-25,57-35)20-27(3)41-30(6)34(50)22-46(54,60-41)42(53)38-18-37-36(55-38)16-29(5)47(59-37)13-12-44(61-47)11-7-8-32(56-44)10-9-31(49)17-40(51)52/h7-10,25-26,28-39,41-42,48-50,53-54H,3,11-24H2,1-2,4-6H3,(H,51,52)/t25-,26+,28-,29+,30-,31-,32+,33-,34-,35+,36+,37+,38?,39+,41+,42+,43+,44-,45+,46+,47+/m0/s1. The number of fused-ring (bicyclic) bond motifs is 5. The Labute approximate surface area is 360 Å². The summed E-state index contributed by atoms with van der Waals surface area (Å²) in [5, 5.41) is 58.6. The monoisotopic (exact) mass is 857 g/mol. The summed E-state index contributed by atoms with van der Waals surface area (Å²) in [6, 6.07) is 0. The van der Waals surface area contributed by atoms with Gasteiger partial charge in [0, 0.05) is 68.2 Å². The SMILES string of the molecule is C=C(C[C@]12C[C@@H](C)C[C@@H](O1)[C@@H]1C[C@]3(C[C@H]1O2)NC[C@H](C)C[C@@H]3C)[C@H]1O[C@@](O)([C@H](O)C2C[C@H]3O[C@@]4(CC[C@]5(CC=C[C@H](C=C[C@H](O)CC(=O)O)O5)O4)[C@H](C)C[C@H]3O2)C[C@H](O)[C@@H]1C. The van der Waals surface area contributed by atoms with Crippen molar-refractivity contribution in [1.82, 2.24) is 5.32 Å². The van der Waals surface area contributed by atoms with E-state index >= 15 is 0 Å². The Hall–Kier alpha value is -1.79. The molecule has 8 aliphatic heterocycles. The summed E-state index contributed by atoms with van der Waals surface area (Å²) in [5.41, 5.74) is 0.717. The number of hydrogen-bond acceptors (Lipinski definition) is 13. The predicted octanol–water partition coefficient (Wildman–Crippen LogP) is 4.62. The summed E-state index contributed by atoms with van der Waals surface area (Å²) in [7, 11) is 0. The zero-order valence-electron chi connectivity index (χ0n) is 36.7. The lowest BCUT2D eigenvalue weighted by Gasteiger charge is -2.53. The van der Waals surface area contributed by atoms with Gasteiger partial charge in [-0.1, -0.05) is 65.5 Å². The second-order valence-corrected chi connectivity index (χ2v) is 21.2. The summed E-state index contributed by atoms with van der Waals surface area (Å²) in [6.45, 7) is 16.4. The summed E-state index contributed by atoms with van der Waals surface area (Å²) in [4.78, 5) is 11.0. The molecule has 6 N–H and O–H groups in total. The molecule has 3 spiro atoms. The molecular formula is C47H71NO13. The van der Waals surface area contributed by atoms with Gasteiger partial charge in [-0.05, 0) is 62.0 Å². The third-order valence-corrected chi connectivity index (χ3v) is 16.4. The highest BCUT2D eigenvalue weighted by Gasteiger charge is 2.63. The lowest BCUT2D eigenvalue weighted by atomic mass is 9.74. The molecule has 342 valence electrons. The third kappa shape index (κ3) is 8.26. The molecule has 14 nitrogen and oxygen atoms in total. The quantitative estimate of drug-likeness (QED) is 0.176. The Kier molecular flexibility index (Phi) is 11.8. The van der Waals surface area contributed by atoms with Crippen LogP contribution in [0.2, 0.25) is 0 Å². The first-order valence-corrected chi connectivity index (χ1v) is 23.3. The smallest absolute Gasteiger partial charge is 0.306 e. The molecule has 0 amide bonds. The van der Waals surface area contributed by atoms with E-state index in [1.54, 1.807) is 6.08 Å². The molecule has 21 atom stereocenters. The van der Waals surface area contributed by atoms with Crippen LogP contribution in [0.25, 0.3) is 0 Å². The summed E-state index contributed by atoms with van der Waals surface area (Å²) < 4.78 is 46.9. The number of ether oxygens (including phenoxy) is 7. The molecule has 1 saturated carbocycles. The van der Waals surface area contributed by atoms with Gasteiger partial charge in [0.25, 0.3) is 0 Å². The molecule has 0 radical (unpaired) electrons. The Balaban J connectivity index is 0.844. The summed E-state index contributed by atoms with van der Waals surface area (Å²) in [5.74, 6) is -4.57. The first kappa shape index (κ1) is 44.4. The molecule has 0 aromatic heterocycles. The average Bonchev–Trinajstić information content (AvgIpc) is 3.87. The van der Waals surface area contributed by atoms with Gasteiger partial charge in [-0.2, -0.15) is 0 Å². The molecule has 7 saturated heterocycles. The van der Waals surface area contributed by atoms with Crippen LogP contribution in [0.4, 0.5) is 0 Å². The Morgan fingerprint density at radius 2 is 1.67 bits per heavy atom. The number of carbonyl (C=O) groups is 1. The molecule has 0 aromatic carbocycles. The minimum atomic E-state index is -2.12. The largest absolute Gasteiger partial charge is 0.481 e. The minimum absolute atomic E-state index is 0.0545. The maximum absolute atomic E-state index is 12.2. The third-order valence-electron chi connectivity index (χ3n) is 16.4. The average molecular weight is 858 g/mol. The molecule has 14 heteroatoms. The van der Waals surface area contributed by atoms with Crippen LogP contribution < -0.4 is 5.32 Å². The molecule has 1 aliphatic carbocycles. The van der Waals surface area contributed by atoms with Gasteiger partial charge in [-0.15, -0.1) is 0 Å². The summed E-state index contributed by atoms with van der Waals surface area (Å²) in [6.07, 6.45) is 7.81. The predicted molar refractivity (Wildman–Crippen MR) is 220 cm³/mol. The van der Waals surface area contributed by atoms with Crippen LogP contribution in [0.3, 0.4) is 0 Å². The van der Waals surface area contributed by atoms with E-state index in [4.69, 9.17) is 38.3 Å². The zero-order chi connectivity index (χ0) is 43.3. The molecule has 8 heterocycles. The van der Waals surface area contributed by atoms with Gasteiger partial charge in [-0.3, -0.25) is 4.79 Å². The fourth-order valence-electron chi connectivity index (χ4n) is 13.2. The molecule has 9 aliphatic rings. The van der Waals surface area contributed by atoms with Crippen LogP contribution in [0.5, 0.6) is 0 Å². The van der Waals surface area contributed by atoms with E-state index in [0.29, 0.717) is 61.3 Å². The van der Waals surface area contributed by atoms with Crippen LogP contribution in [-0.4, -0.2) is 128 Å². The van der Waals surface area contributed by atoms with Crippen molar-refractivity contribution in [3.8, 4) is 0 Å². The summed E-state index contributed by atoms with van der Waals surface area (Å²) >= 11 is 0. The normalized spacial score (nSPS) is 52.7. The van der Waals surface area contributed by atoms with Crippen LogP contribution in [0, 0.1) is 35.5 Å². The van der Waals surface area contributed by atoms with Gasteiger partial charge in [0.15, 0.2) is 23.1 Å². The van der Waals surface area contributed by atoms with Gasteiger partial charge in [0.1, 0.15) is 6.10 Å². The maximum atomic E-state index is 12.2. The lowest BCUT2D eigenvalue weighted by Crippen LogP contribution is -2.61. The van der Waals surface area contributed by atoms with E-state index in [1.807, 2.05) is 19.1 Å². The van der Waals surface area contributed by atoms with Gasteiger partial charge in [0.05, 0.1) is 61.4 Å². The number of aliphatic hydroxyl groups is 4. The van der Waals surface area contributed by atoms with Gasteiger partial charge < -0.3 is 64.0 Å². The Bertz CT molecular complexity index is 1730. The van der Waals surface area contributed by atoms with E-state index in [2.05, 4.69) is 39.6 Å². The van der Waals surface area contributed by atoms with Crippen molar-refractivity contribution in [2.75, 3.05) is 6.54 Å². The van der Waals surface area contributed by atoms with Crippen molar-refractivity contribution < 1.29 is 63.5 Å². The number of aliphatic hydroxyl groups excluding tert-OH is 3. The number of aliphatic carboxylic acids is 1. The molecule has 1 unspecified atom stereocenters. The number of rotatable bonds is 9. The fourth-order valence-corrected chi connectivity index (χ4v) is 13.2. The van der Waals surface area contributed by atoms with Crippen molar-refractivity contribution in [3.05, 3.63) is 36.5 Å². The van der Waals surface area contributed by atoms with E-state index in [-0.39, 0.29) is 42.6 Å². The van der Waals surface area contributed by atoms with E-state index in [0.717, 1.165) is 32.2 Å². The van der Waals surface area contributed by atoms with Crippen LogP contribution in [0.15, 0.2) is 36.5 Å². The van der Waals surface area contributed by atoms with Gasteiger partial charge in [-0.25, -0.2) is 0 Å². The molecule has 0 aromatic rings. The maximum Gasteiger partial charge on any atom is 0.306 e. The minimum Gasteiger partial charge on any atom is -0.481 e. The molecule has 2 bridgehead atoms. The number of piperidine rings is 1. The molecule has 9 rings (SSSR count). The number of nitrogens with one attached hydrogen (secondary N) is 1. The second kappa shape index (κ2) is 16.3. The first-order chi connectivity index (χ1) is 28.8. The number of carboxylic acid groups (broad SMARTS) is 1. The Morgan fingerprint density at radius 1 is 0.885 bits per heavy atom. The molecular weight excluding hydrogens is 787 g/mol. The van der Waals surface area contributed by atoms with E-state index in [9.17, 15) is 25.2 Å². The molecule has 61 heavy (non-hydrogen) atoms. The zero-order valence-corrected chi connectivity index (χ0v) is 36.7. The molecule has 8 fully saturated rings. The van der Waals surface area contributed by atoms with Gasteiger partial charge >= 0.3 is 5.97 Å². The van der Waals surface area contributed by atoms with E-state index in [1.165, 1.54) is 12.5 Å². The van der Waals surface area contributed by atoms with Crippen molar-refractivity contribution >= 4 is 5.97 Å². The fraction of sp³-hybridized carbons (Fsp3) is 0.851. The van der Waals surface area contributed by atoms with Crippen molar-refractivity contribution in [1.29, 1.82) is 0 Å². The highest BCUT2D eigenvalue weighted by Crippen LogP contribution is 2.57.